The highest BCUT2D eigenvalue weighted by Crippen LogP contribution is 2.33. The lowest BCUT2D eigenvalue weighted by atomic mass is 10.2. The quantitative estimate of drug-likeness (QED) is 0.642. The van der Waals surface area contributed by atoms with Gasteiger partial charge in [-0.2, -0.15) is 0 Å². The van der Waals surface area contributed by atoms with E-state index in [1.165, 1.54) is 0 Å². The number of hydrogen-bond acceptors (Lipinski definition) is 4. The Bertz CT molecular complexity index is 350. The molecule has 100 valence electrons. The van der Waals surface area contributed by atoms with Gasteiger partial charge in [-0.15, -0.1) is 0 Å². The van der Waals surface area contributed by atoms with Gasteiger partial charge >= 0.3 is 0 Å². The van der Waals surface area contributed by atoms with Crippen molar-refractivity contribution in [2.45, 2.75) is 32.7 Å². The monoisotopic (exact) mass is 262 g/mol. The summed E-state index contributed by atoms with van der Waals surface area (Å²) in [7, 11) is -3.30. The smallest absolute Gasteiger partial charge is 0.235 e. The van der Waals surface area contributed by atoms with Crippen LogP contribution in [0.1, 0.15) is 26.7 Å². The van der Waals surface area contributed by atoms with Crippen LogP contribution in [0.4, 0.5) is 0 Å². The van der Waals surface area contributed by atoms with E-state index in [1.807, 2.05) is 6.92 Å². The molecular formula is C11H22N2O3S. The summed E-state index contributed by atoms with van der Waals surface area (Å²) in [5.41, 5.74) is 0. The zero-order valence-electron chi connectivity index (χ0n) is 10.5. The van der Waals surface area contributed by atoms with Crippen LogP contribution in [0.15, 0.2) is 0 Å². The fraction of sp³-hybridized carbons (Fsp3) is 0.909. The topological polar surface area (TPSA) is 75.3 Å². The van der Waals surface area contributed by atoms with E-state index in [9.17, 15) is 13.2 Å². The van der Waals surface area contributed by atoms with E-state index in [0.717, 1.165) is 19.4 Å². The van der Waals surface area contributed by atoms with Crippen LogP contribution in [-0.2, 0) is 14.6 Å². The number of rotatable bonds is 8. The van der Waals surface area contributed by atoms with E-state index < -0.39 is 21.5 Å². The molecule has 0 aromatic carbocycles. The molecule has 1 aliphatic rings. The summed E-state index contributed by atoms with van der Waals surface area (Å²) in [4.78, 5) is 11.3. The lowest BCUT2D eigenvalue weighted by molar-refractivity contribution is -0.118. The van der Waals surface area contributed by atoms with Crippen molar-refractivity contribution < 1.29 is 13.2 Å². The Kier molecular flexibility index (Phi) is 5.39. The van der Waals surface area contributed by atoms with Crippen molar-refractivity contribution in [1.29, 1.82) is 0 Å². The van der Waals surface area contributed by atoms with Crippen molar-refractivity contribution in [2.24, 2.45) is 5.92 Å². The Hall–Kier alpha value is -0.620. The van der Waals surface area contributed by atoms with Crippen molar-refractivity contribution in [3.8, 4) is 0 Å². The third-order valence-corrected chi connectivity index (χ3v) is 4.38. The van der Waals surface area contributed by atoms with E-state index in [-0.39, 0.29) is 11.8 Å². The van der Waals surface area contributed by atoms with Crippen LogP contribution >= 0.6 is 0 Å². The summed E-state index contributed by atoms with van der Waals surface area (Å²) in [5.74, 6) is -0.254. The van der Waals surface area contributed by atoms with E-state index in [2.05, 4.69) is 10.6 Å². The SMILES string of the molecule is CCNC(=O)CS(=O)(=O)CC(NCC)C1CC1. The number of carbonyl (C=O) groups is 1. The lowest BCUT2D eigenvalue weighted by Gasteiger charge is -2.16. The zero-order valence-corrected chi connectivity index (χ0v) is 11.3. The molecule has 17 heavy (non-hydrogen) atoms. The first kappa shape index (κ1) is 14.4. The van der Waals surface area contributed by atoms with Gasteiger partial charge in [-0.25, -0.2) is 8.42 Å². The zero-order chi connectivity index (χ0) is 12.9. The van der Waals surface area contributed by atoms with Crippen LogP contribution in [0.3, 0.4) is 0 Å². The number of sulfone groups is 1. The van der Waals surface area contributed by atoms with Gasteiger partial charge in [-0.3, -0.25) is 4.79 Å². The van der Waals surface area contributed by atoms with Gasteiger partial charge in [-0.05, 0) is 32.2 Å². The van der Waals surface area contributed by atoms with Crippen LogP contribution in [0, 0.1) is 5.92 Å². The molecule has 2 N–H and O–H groups in total. The van der Waals surface area contributed by atoms with Crippen molar-refractivity contribution in [1.82, 2.24) is 10.6 Å². The molecule has 0 aliphatic heterocycles. The normalized spacial score (nSPS) is 17.8. The molecule has 1 aliphatic carbocycles. The summed E-state index contributed by atoms with van der Waals surface area (Å²) < 4.78 is 23.7. The lowest BCUT2D eigenvalue weighted by Crippen LogP contribution is -2.40. The minimum atomic E-state index is -3.30. The largest absolute Gasteiger partial charge is 0.356 e. The maximum absolute atomic E-state index is 11.8. The molecule has 1 unspecified atom stereocenters. The first-order valence-corrected chi connectivity index (χ1v) is 8.01. The van der Waals surface area contributed by atoms with Crippen molar-refractivity contribution >= 4 is 15.7 Å². The summed E-state index contributed by atoms with van der Waals surface area (Å²) in [6, 6.07) is 0.0134. The average molecular weight is 262 g/mol. The van der Waals surface area contributed by atoms with Gasteiger partial charge in [0.05, 0.1) is 5.75 Å². The van der Waals surface area contributed by atoms with Crippen molar-refractivity contribution in [2.75, 3.05) is 24.6 Å². The third-order valence-electron chi connectivity index (χ3n) is 2.82. The second-order valence-electron chi connectivity index (χ2n) is 4.51. The molecule has 6 heteroatoms. The molecule has 1 amide bonds. The van der Waals surface area contributed by atoms with E-state index in [1.54, 1.807) is 6.92 Å². The highest BCUT2D eigenvalue weighted by atomic mass is 32.2. The van der Waals surface area contributed by atoms with Crippen LogP contribution in [0.5, 0.6) is 0 Å². The molecule has 1 saturated carbocycles. The molecule has 0 radical (unpaired) electrons. The van der Waals surface area contributed by atoms with E-state index in [4.69, 9.17) is 0 Å². The van der Waals surface area contributed by atoms with E-state index >= 15 is 0 Å². The number of carbonyl (C=O) groups excluding carboxylic acids is 1. The van der Waals surface area contributed by atoms with Gasteiger partial charge < -0.3 is 10.6 Å². The molecule has 1 atom stereocenters. The Labute approximate surface area is 103 Å². The second kappa shape index (κ2) is 6.35. The fourth-order valence-corrected chi connectivity index (χ4v) is 3.46. The maximum Gasteiger partial charge on any atom is 0.235 e. The Balaban J connectivity index is 2.48. The van der Waals surface area contributed by atoms with Gasteiger partial charge in [0.15, 0.2) is 9.84 Å². The maximum atomic E-state index is 11.8. The van der Waals surface area contributed by atoms with Gasteiger partial charge in [0.1, 0.15) is 5.75 Å². The molecule has 1 fully saturated rings. The molecule has 0 aromatic heterocycles. The van der Waals surface area contributed by atoms with Crippen molar-refractivity contribution in [3.63, 3.8) is 0 Å². The third kappa shape index (κ3) is 5.50. The van der Waals surface area contributed by atoms with Crippen molar-refractivity contribution in [3.05, 3.63) is 0 Å². The first-order valence-electron chi connectivity index (χ1n) is 6.19. The molecule has 1 rings (SSSR count). The minimum absolute atomic E-state index is 0.0134. The Morgan fingerprint density at radius 1 is 1.29 bits per heavy atom. The molecular weight excluding hydrogens is 240 g/mol. The minimum Gasteiger partial charge on any atom is -0.356 e. The predicted octanol–water partition coefficient (Wildman–Crippen LogP) is -0.0746. The summed E-state index contributed by atoms with van der Waals surface area (Å²) in [5, 5.41) is 5.71. The molecule has 0 aromatic rings. The van der Waals surface area contributed by atoms with Gasteiger partial charge in [0.2, 0.25) is 5.91 Å². The summed E-state index contributed by atoms with van der Waals surface area (Å²) in [6.45, 7) is 4.97. The standard InChI is InChI=1S/C11H22N2O3S/c1-3-12-10(9-5-6-9)7-17(15,16)8-11(14)13-4-2/h9-10,12H,3-8H2,1-2H3,(H,13,14). The van der Waals surface area contributed by atoms with Gasteiger partial charge in [0, 0.05) is 12.6 Å². The molecule has 0 bridgehead atoms. The Morgan fingerprint density at radius 3 is 2.41 bits per heavy atom. The molecule has 0 heterocycles. The summed E-state index contributed by atoms with van der Waals surface area (Å²) >= 11 is 0. The van der Waals surface area contributed by atoms with Gasteiger partial charge in [-0.1, -0.05) is 6.92 Å². The van der Waals surface area contributed by atoms with Gasteiger partial charge in [0.25, 0.3) is 0 Å². The molecule has 5 nitrogen and oxygen atoms in total. The van der Waals surface area contributed by atoms with Crippen LogP contribution in [0.25, 0.3) is 0 Å². The average Bonchev–Trinajstić information content (AvgIpc) is 2.98. The number of amides is 1. The molecule has 0 saturated heterocycles. The second-order valence-corrected chi connectivity index (χ2v) is 6.62. The van der Waals surface area contributed by atoms with E-state index in [0.29, 0.717) is 12.5 Å². The summed E-state index contributed by atoms with van der Waals surface area (Å²) in [6.07, 6.45) is 2.18. The Morgan fingerprint density at radius 2 is 1.94 bits per heavy atom. The highest BCUT2D eigenvalue weighted by molar-refractivity contribution is 7.92. The predicted molar refractivity (Wildman–Crippen MR) is 67.5 cm³/mol. The van der Waals surface area contributed by atoms with Crippen LogP contribution in [0.2, 0.25) is 0 Å². The first-order chi connectivity index (χ1) is 7.98. The highest BCUT2D eigenvalue weighted by Gasteiger charge is 2.34. The number of nitrogens with one attached hydrogen (secondary N) is 2. The fourth-order valence-electron chi connectivity index (χ4n) is 1.90. The number of hydrogen-bond donors (Lipinski definition) is 2. The molecule has 0 spiro atoms. The van der Waals surface area contributed by atoms with Crippen LogP contribution < -0.4 is 10.6 Å². The van der Waals surface area contributed by atoms with Crippen LogP contribution in [-0.4, -0.2) is 45.0 Å².